The Morgan fingerprint density at radius 1 is 0.583 bits per heavy atom. The number of hydrogen-bond donors (Lipinski definition) is 0. The normalized spacial score (nSPS) is 12.2. The zero-order valence-electron chi connectivity index (χ0n) is 27.4. The van der Waals surface area contributed by atoms with Crippen molar-refractivity contribution in [1.82, 2.24) is 18.9 Å². The van der Waals surface area contributed by atoms with Gasteiger partial charge in [-0.2, -0.15) is 0 Å². The number of benzene rings is 5. The van der Waals surface area contributed by atoms with Crippen LogP contribution >= 0.6 is 0 Å². The van der Waals surface area contributed by atoms with Gasteiger partial charge in [-0.25, -0.2) is 9.97 Å². The Morgan fingerprint density at radius 3 is 2.08 bits per heavy atom. The highest BCUT2D eigenvalue weighted by atomic mass is 16.5. The second kappa shape index (κ2) is 10.5. The molecule has 4 aromatic heterocycles. The molecule has 48 heavy (non-hydrogen) atoms. The molecule has 232 valence electrons. The van der Waals surface area contributed by atoms with Crippen molar-refractivity contribution in [3.8, 4) is 28.4 Å². The summed E-state index contributed by atoms with van der Waals surface area (Å²) in [5.41, 5.74) is 9.45. The van der Waals surface area contributed by atoms with Gasteiger partial charge in [-0.3, -0.25) is 8.97 Å². The highest BCUT2D eigenvalue weighted by Crippen LogP contribution is 2.39. The van der Waals surface area contributed by atoms with Gasteiger partial charge in [0, 0.05) is 39.4 Å². The van der Waals surface area contributed by atoms with Gasteiger partial charge < -0.3 is 4.74 Å². The Kier molecular flexibility index (Phi) is 6.21. The maximum Gasteiger partial charge on any atom is 0.146 e. The standard InChI is InChI=1S/C43H34N4O/c1-27-40(28-13-6-5-7-14-28)47-39-19-11-8-15-34(39)33-21-20-31(26-37(33)42(47)45-27)48-32-24-29(43(2,3)4)23-30(25-32)46-38-18-10-9-16-35(38)36-17-12-22-44-41(36)46/h5-26H,1-4H3. The number of aryl methyl sites for hydroxylation is 1. The molecule has 0 bridgehead atoms. The van der Waals surface area contributed by atoms with E-state index in [2.05, 4.69) is 158 Å². The molecule has 0 amide bonds. The van der Waals surface area contributed by atoms with Gasteiger partial charge in [-0.1, -0.05) is 87.5 Å². The van der Waals surface area contributed by atoms with Crippen LogP contribution in [0.4, 0.5) is 0 Å². The molecule has 5 heteroatoms. The van der Waals surface area contributed by atoms with Crippen molar-refractivity contribution in [2.24, 2.45) is 0 Å². The lowest BCUT2D eigenvalue weighted by atomic mass is 9.86. The highest BCUT2D eigenvalue weighted by molar-refractivity contribution is 6.13. The molecule has 5 aromatic carbocycles. The summed E-state index contributed by atoms with van der Waals surface area (Å²) in [6.07, 6.45) is 1.86. The molecule has 9 aromatic rings. The van der Waals surface area contributed by atoms with Gasteiger partial charge in [0.05, 0.1) is 28.1 Å². The fourth-order valence-corrected chi connectivity index (χ4v) is 7.18. The molecule has 0 aliphatic carbocycles. The van der Waals surface area contributed by atoms with Crippen LogP contribution in [0.25, 0.3) is 66.2 Å². The molecule has 0 spiro atoms. The fourth-order valence-electron chi connectivity index (χ4n) is 7.18. The van der Waals surface area contributed by atoms with E-state index in [-0.39, 0.29) is 5.41 Å². The second-order valence-corrected chi connectivity index (χ2v) is 13.6. The number of ether oxygens (including phenoxy) is 1. The largest absolute Gasteiger partial charge is 0.457 e. The fraction of sp³-hybridized carbons (Fsp3) is 0.116. The van der Waals surface area contributed by atoms with E-state index in [1.54, 1.807) is 0 Å². The minimum absolute atomic E-state index is 0.101. The summed E-state index contributed by atoms with van der Waals surface area (Å²) in [7, 11) is 0. The number of aromatic nitrogens is 4. The number of imidazole rings is 1. The van der Waals surface area contributed by atoms with Crippen molar-refractivity contribution in [2.75, 3.05) is 0 Å². The highest BCUT2D eigenvalue weighted by Gasteiger charge is 2.21. The van der Waals surface area contributed by atoms with Gasteiger partial charge in [0.2, 0.25) is 0 Å². The van der Waals surface area contributed by atoms with Gasteiger partial charge in [0.1, 0.15) is 22.8 Å². The molecule has 0 unspecified atom stereocenters. The molecule has 0 atom stereocenters. The minimum Gasteiger partial charge on any atom is -0.457 e. The molecule has 0 fully saturated rings. The van der Waals surface area contributed by atoms with E-state index in [0.29, 0.717) is 0 Å². The SMILES string of the molecule is Cc1nc2c3cc(Oc4cc(-n5c6ccccc6c6cccnc65)cc(C(C)(C)C)c4)ccc3c3ccccc3n2c1-c1ccccc1. The average molecular weight is 623 g/mol. The van der Waals surface area contributed by atoms with Crippen molar-refractivity contribution in [3.05, 3.63) is 145 Å². The average Bonchev–Trinajstić information content (AvgIpc) is 3.63. The lowest BCUT2D eigenvalue weighted by Gasteiger charge is -2.22. The summed E-state index contributed by atoms with van der Waals surface area (Å²) in [5, 5.41) is 5.69. The van der Waals surface area contributed by atoms with Gasteiger partial charge in [-0.15, -0.1) is 0 Å². The quantitative estimate of drug-likeness (QED) is 0.183. The van der Waals surface area contributed by atoms with E-state index in [9.17, 15) is 0 Å². The molecule has 0 radical (unpaired) electrons. The van der Waals surface area contributed by atoms with Crippen molar-refractivity contribution in [1.29, 1.82) is 0 Å². The Balaban J connectivity index is 1.25. The molecule has 0 N–H and O–H groups in total. The van der Waals surface area contributed by atoms with Crippen LogP contribution in [-0.2, 0) is 5.41 Å². The lowest BCUT2D eigenvalue weighted by molar-refractivity contribution is 0.479. The first-order valence-corrected chi connectivity index (χ1v) is 16.4. The number of para-hydroxylation sites is 2. The third-order valence-electron chi connectivity index (χ3n) is 9.45. The Hall–Kier alpha value is -5.94. The maximum absolute atomic E-state index is 6.80. The van der Waals surface area contributed by atoms with Crippen LogP contribution in [0.2, 0.25) is 0 Å². The molecule has 9 rings (SSSR count). The minimum atomic E-state index is -0.101. The van der Waals surface area contributed by atoms with Crippen molar-refractivity contribution in [3.63, 3.8) is 0 Å². The topological polar surface area (TPSA) is 44.3 Å². The summed E-state index contributed by atoms with van der Waals surface area (Å²) in [6, 6.07) is 44.7. The second-order valence-electron chi connectivity index (χ2n) is 13.6. The number of pyridine rings is 2. The lowest BCUT2D eigenvalue weighted by Crippen LogP contribution is -2.12. The Bertz CT molecular complexity index is 2640. The monoisotopic (exact) mass is 622 g/mol. The predicted molar refractivity (Wildman–Crippen MR) is 198 cm³/mol. The van der Waals surface area contributed by atoms with Crippen LogP contribution in [-0.4, -0.2) is 18.9 Å². The molecule has 0 aliphatic rings. The Labute approximate surface area is 278 Å². The molecule has 0 saturated heterocycles. The zero-order valence-corrected chi connectivity index (χ0v) is 27.4. The van der Waals surface area contributed by atoms with E-state index in [4.69, 9.17) is 14.7 Å². The van der Waals surface area contributed by atoms with Crippen molar-refractivity contribution in [2.45, 2.75) is 33.1 Å². The summed E-state index contributed by atoms with van der Waals surface area (Å²) < 4.78 is 11.4. The van der Waals surface area contributed by atoms with E-state index in [0.717, 1.165) is 72.6 Å². The molecular weight excluding hydrogens is 589 g/mol. The maximum atomic E-state index is 6.80. The Morgan fingerprint density at radius 2 is 1.29 bits per heavy atom. The van der Waals surface area contributed by atoms with Crippen LogP contribution in [0, 0.1) is 6.92 Å². The third-order valence-corrected chi connectivity index (χ3v) is 9.45. The van der Waals surface area contributed by atoms with Crippen LogP contribution in [0.5, 0.6) is 11.5 Å². The molecule has 4 heterocycles. The number of hydrogen-bond acceptors (Lipinski definition) is 3. The third kappa shape index (κ3) is 4.39. The number of fused-ring (bicyclic) bond motifs is 9. The first kappa shape index (κ1) is 28.3. The summed E-state index contributed by atoms with van der Waals surface area (Å²) in [4.78, 5) is 10.00. The predicted octanol–water partition coefficient (Wildman–Crippen LogP) is 11.2. The van der Waals surface area contributed by atoms with E-state index < -0.39 is 0 Å². The van der Waals surface area contributed by atoms with Crippen LogP contribution in [0.1, 0.15) is 32.0 Å². The van der Waals surface area contributed by atoms with Crippen molar-refractivity contribution >= 4 is 49.3 Å². The van der Waals surface area contributed by atoms with Crippen molar-refractivity contribution < 1.29 is 4.74 Å². The van der Waals surface area contributed by atoms with E-state index >= 15 is 0 Å². The van der Waals surface area contributed by atoms with E-state index in [1.807, 2.05) is 12.3 Å². The van der Waals surface area contributed by atoms with Gasteiger partial charge in [0.25, 0.3) is 0 Å². The number of rotatable bonds is 4. The summed E-state index contributed by atoms with van der Waals surface area (Å²) in [5.74, 6) is 1.54. The van der Waals surface area contributed by atoms with Crippen LogP contribution < -0.4 is 4.74 Å². The summed E-state index contributed by atoms with van der Waals surface area (Å²) >= 11 is 0. The van der Waals surface area contributed by atoms with Gasteiger partial charge in [-0.05, 0) is 77.9 Å². The van der Waals surface area contributed by atoms with Crippen LogP contribution in [0.15, 0.2) is 134 Å². The first-order chi connectivity index (χ1) is 23.3. The van der Waals surface area contributed by atoms with E-state index in [1.165, 1.54) is 16.3 Å². The first-order valence-electron chi connectivity index (χ1n) is 16.4. The van der Waals surface area contributed by atoms with Gasteiger partial charge >= 0.3 is 0 Å². The smallest absolute Gasteiger partial charge is 0.146 e. The molecule has 0 aliphatic heterocycles. The molecule has 0 saturated carbocycles. The zero-order chi connectivity index (χ0) is 32.6. The van der Waals surface area contributed by atoms with Crippen LogP contribution in [0.3, 0.4) is 0 Å². The summed E-state index contributed by atoms with van der Waals surface area (Å²) in [6.45, 7) is 8.81. The molecular formula is C43H34N4O. The van der Waals surface area contributed by atoms with Gasteiger partial charge in [0.15, 0.2) is 0 Å². The number of nitrogens with zero attached hydrogens (tertiary/aromatic N) is 4. The molecule has 5 nitrogen and oxygen atoms in total.